The molecule has 0 spiro atoms. The first-order chi connectivity index (χ1) is 9.02. The Balaban J connectivity index is 2.03. The number of anilines is 1. The summed E-state index contributed by atoms with van der Waals surface area (Å²) in [6.45, 7) is -0.876. The molecule has 0 saturated carbocycles. The van der Waals surface area contributed by atoms with Crippen LogP contribution >= 0.6 is 0 Å². The molecule has 1 saturated heterocycles. The molecule has 0 radical (unpaired) electrons. The standard InChI is InChI=1S/C10H11F2N5O2/c11-9-15-7(13)6-8(16-9)17(4-14-6)5-1-10(12,2-18)3-19-5/h4-5,18H,1-3H2,(H2,13,15,16)/t5-,10-/m1/s1. The number of nitrogens with zero attached hydrogens (tertiary/aromatic N) is 4. The third kappa shape index (κ3) is 1.90. The molecule has 1 aliphatic heterocycles. The Morgan fingerprint density at radius 3 is 3.05 bits per heavy atom. The number of ether oxygens (including phenoxy) is 1. The maximum Gasteiger partial charge on any atom is 0.312 e. The molecule has 1 fully saturated rings. The summed E-state index contributed by atoms with van der Waals surface area (Å²) >= 11 is 0. The molecule has 0 aromatic carbocycles. The van der Waals surface area contributed by atoms with E-state index in [-0.39, 0.29) is 30.0 Å². The molecular formula is C10H11F2N5O2. The second-order valence-electron chi connectivity index (χ2n) is 4.48. The summed E-state index contributed by atoms with van der Waals surface area (Å²) < 4.78 is 33.7. The van der Waals surface area contributed by atoms with E-state index in [4.69, 9.17) is 15.6 Å². The highest BCUT2D eigenvalue weighted by atomic mass is 19.1. The van der Waals surface area contributed by atoms with Gasteiger partial charge < -0.3 is 15.6 Å². The summed E-state index contributed by atoms with van der Waals surface area (Å²) in [6, 6.07) is 0. The third-order valence-corrected chi connectivity index (χ3v) is 3.09. The van der Waals surface area contributed by atoms with Gasteiger partial charge in [0, 0.05) is 6.42 Å². The smallest absolute Gasteiger partial charge is 0.312 e. The number of aliphatic hydroxyl groups excluding tert-OH is 1. The number of aromatic nitrogens is 4. The van der Waals surface area contributed by atoms with Gasteiger partial charge in [-0.05, 0) is 0 Å². The number of nitrogen functional groups attached to an aromatic ring is 1. The first-order valence-corrected chi connectivity index (χ1v) is 5.59. The molecule has 0 amide bonds. The Kier molecular flexibility index (Phi) is 2.61. The van der Waals surface area contributed by atoms with Crippen LogP contribution in [0.3, 0.4) is 0 Å². The van der Waals surface area contributed by atoms with Crippen molar-refractivity contribution in [2.24, 2.45) is 0 Å². The zero-order valence-electron chi connectivity index (χ0n) is 9.75. The van der Waals surface area contributed by atoms with Gasteiger partial charge in [-0.25, -0.2) is 9.37 Å². The quantitative estimate of drug-likeness (QED) is 0.755. The van der Waals surface area contributed by atoms with E-state index >= 15 is 0 Å². The van der Waals surface area contributed by atoms with Crippen molar-refractivity contribution < 1.29 is 18.6 Å². The van der Waals surface area contributed by atoms with Gasteiger partial charge in [0.25, 0.3) is 0 Å². The molecule has 3 heterocycles. The van der Waals surface area contributed by atoms with Gasteiger partial charge in [-0.15, -0.1) is 0 Å². The van der Waals surface area contributed by atoms with Crippen LogP contribution in [-0.4, -0.2) is 43.5 Å². The predicted molar refractivity (Wildman–Crippen MR) is 60.2 cm³/mol. The molecule has 2 aromatic heterocycles. The van der Waals surface area contributed by atoms with Gasteiger partial charge in [0.15, 0.2) is 22.7 Å². The number of imidazole rings is 1. The van der Waals surface area contributed by atoms with E-state index < -0.39 is 24.6 Å². The summed E-state index contributed by atoms with van der Waals surface area (Å²) in [7, 11) is 0. The zero-order chi connectivity index (χ0) is 13.6. The number of rotatable bonds is 2. The lowest BCUT2D eigenvalue weighted by atomic mass is 10.1. The largest absolute Gasteiger partial charge is 0.393 e. The lowest BCUT2D eigenvalue weighted by molar-refractivity contribution is 0.0302. The molecule has 102 valence electrons. The zero-order valence-corrected chi connectivity index (χ0v) is 9.75. The van der Waals surface area contributed by atoms with Crippen LogP contribution in [0.5, 0.6) is 0 Å². The van der Waals surface area contributed by atoms with Gasteiger partial charge >= 0.3 is 6.08 Å². The molecule has 19 heavy (non-hydrogen) atoms. The van der Waals surface area contributed by atoms with Crippen LogP contribution in [0.1, 0.15) is 12.6 Å². The van der Waals surface area contributed by atoms with Gasteiger partial charge in [0.05, 0.1) is 19.5 Å². The molecule has 0 bridgehead atoms. The molecule has 3 rings (SSSR count). The van der Waals surface area contributed by atoms with Gasteiger partial charge in [0.1, 0.15) is 6.23 Å². The van der Waals surface area contributed by atoms with Crippen LogP contribution in [0.15, 0.2) is 6.33 Å². The fraction of sp³-hybridized carbons (Fsp3) is 0.500. The van der Waals surface area contributed by atoms with Crippen LogP contribution < -0.4 is 5.73 Å². The Bertz CT molecular complexity index is 634. The summed E-state index contributed by atoms with van der Waals surface area (Å²) in [4.78, 5) is 10.9. The average Bonchev–Trinajstić information content (AvgIpc) is 2.94. The third-order valence-electron chi connectivity index (χ3n) is 3.09. The van der Waals surface area contributed by atoms with E-state index in [1.165, 1.54) is 10.9 Å². The summed E-state index contributed by atoms with van der Waals surface area (Å²) in [5.74, 6) is -0.0899. The van der Waals surface area contributed by atoms with Crippen LogP contribution in [0.2, 0.25) is 0 Å². The molecule has 1 aliphatic rings. The maximum atomic E-state index is 13.9. The molecular weight excluding hydrogens is 260 g/mol. The van der Waals surface area contributed by atoms with Crippen molar-refractivity contribution in [3.8, 4) is 0 Å². The summed E-state index contributed by atoms with van der Waals surface area (Å²) in [5.41, 5.74) is 4.08. The first kappa shape index (κ1) is 12.2. The molecule has 0 unspecified atom stereocenters. The van der Waals surface area contributed by atoms with Gasteiger partial charge in [-0.2, -0.15) is 14.4 Å². The molecule has 9 heteroatoms. The highest BCUT2D eigenvalue weighted by Gasteiger charge is 2.41. The minimum Gasteiger partial charge on any atom is -0.393 e. The number of fused-ring (bicyclic) bond motifs is 1. The Morgan fingerprint density at radius 1 is 1.58 bits per heavy atom. The van der Waals surface area contributed by atoms with Gasteiger partial charge in [0.2, 0.25) is 0 Å². The topological polar surface area (TPSA) is 99.1 Å². The fourth-order valence-corrected chi connectivity index (χ4v) is 2.09. The molecule has 3 N–H and O–H groups in total. The molecule has 7 nitrogen and oxygen atoms in total. The average molecular weight is 271 g/mol. The van der Waals surface area contributed by atoms with Crippen LogP contribution in [0, 0.1) is 6.08 Å². The normalized spacial score (nSPS) is 27.2. The lowest BCUT2D eigenvalue weighted by Crippen LogP contribution is -2.27. The van der Waals surface area contributed by atoms with Crippen molar-refractivity contribution in [1.29, 1.82) is 0 Å². The van der Waals surface area contributed by atoms with E-state index in [9.17, 15) is 8.78 Å². The van der Waals surface area contributed by atoms with Crippen LogP contribution in [0.25, 0.3) is 11.2 Å². The Labute approximate surface area is 106 Å². The van der Waals surface area contributed by atoms with Crippen molar-refractivity contribution in [1.82, 2.24) is 19.5 Å². The molecule has 2 atom stereocenters. The van der Waals surface area contributed by atoms with Crippen LogP contribution in [0.4, 0.5) is 14.6 Å². The Hall–Kier alpha value is -1.87. The van der Waals surface area contributed by atoms with E-state index in [2.05, 4.69) is 15.0 Å². The van der Waals surface area contributed by atoms with E-state index in [1.54, 1.807) is 0 Å². The van der Waals surface area contributed by atoms with Crippen LogP contribution in [-0.2, 0) is 4.74 Å². The SMILES string of the molecule is Nc1nc(F)nc2c1ncn2[C@H]1C[C@@](F)(CO)CO1. The lowest BCUT2D eigenvalue weighted by Gasteiger charge is -2.14. The van der Waals surface area contributed by atoms with Gasteiger partial charge in [-0.1, -0.05) is 0 Å². The minimum absolute atomic E-state index is 0.0690. The first-order valence-electron chi connectivity index (χ1n) is 5.59. The number of halogens is 2. The minimum atomic E-state index is -1.81. The van der Waals surface area contributed by atoms with E-state index in [1.807, 2.05) is 0 Å². The Morgan fingerprint density at radius 2 is 2.37 bits per heavy atom. The number of hydrogen-bond acceptors (Lipinski definition) is 6. The molecule has 2 aromatic rings. The van der Waals surface area contributed by atoms with Crippen molar-refractivity contribution in [2.75, 3.05) is 18.9 Å². The van der Waals surface area contributed by atoms with E-state index in [0.29, 0.717) is 0 Å². The van der Waals surface area contributed by atoms with Crippen molar-refractivity contribution >= 4 is 17.0 Å². The van der Waals surface area contributed by atoms with Crippen molar-refractivity contribution in [2.45, 2.75) is 18.3 Å². The number of nitrogens with two attached hydrogens (primary N) is 1. The highest BCUT2D eigenvalue weighted by Crippen LogP contribution is 2.35. The highest BCUT2D eigenvalue weighted by molar-refractivity contribution is 5.81. The fourth-order valence-electron chi connectivity index (χ4n) is 2.09. The second-order valence-corrected chi connectivity index (χ2v) is 4.48. The monoisotopic (exact) mass is 271 g/mol. The summed E-state index contributed by atoms with van der Waals surface area (Å²) in [5, 5.41) is 8.96. The number of aliphatic hydroxyl groups is 1. The van der Waals surface area contributed by atoms with Crippen molar-refractivity contribution in [3.05, 3.63) is 12.4 Å². The van der Waals surface area contributed by atoms with Crippen molar-refractivity contribution in [3.63, 3.8) is 0 Å². The van der Waals surface area contributed by atoms with E-state index in [0.717, 1.165) is 0 Å². The summed E-state index contributed by atoms with van der Waals surface area (Å²) in [6.07, 6.45) is -0.432. The predicted octanol–water partition coefficient (Wildman–Crippen LogP) is 0.167. The molecule has 0 aliphatic carbocycles. The number of alkyl halides is 1. The second kappa shape index (κ2) is 4.07. The maximum absolute atomic E-state index is 13.9. The number of hydrogen-bond donors (Lipinski definition) is 2. The van der Waals surface area contributed by atoms with Gasteiger partial charge in [-0.3, -0.25) is 4.57 Å².